The second-order valence-electron chi connectivity index (χ2n) is 6.02. The maximum absolute atomic E-state index is 11.6. The molecule has 0 saturated heterocycles. The van der Waals surface area contributed by atoms with Gasteiger partial charge in [-0.3, -0.25) is 9.69 Å². The minimum Gasteiger partial charge on any atom is -0.480 e. The van der Waals surface area contributed by atoms with Crippen LogP contribution in [0.4, 0.5) is 0 Å². The number of aromatic amines is 1. The van der Waals surface area contributed by atoms with Gasteiger partial charge in [0.05, 0.1) is 0 Å². The summed E-state index contributed by atoms with van der Waals surface area (Å²) in [4.78, 5) is 20.9. The molecule has 22 heavy (non-hydrogen) atoms. The second kappa shape index (κ2) is 8.19. The molecule has 1 rings (SSSR count). The van der Waals surface area contributed by atoms with Gasteiger partial charge in [-0.15, -0.1) is 13.2 Å². The first kappa shape index (κ1) is 18.5. The average Bonchev–Trinajstić information content (AvgIpc) is 2.80. The Labute approximate surface area is 136 Å². The zero-order valence-electron chi connectivity index (χ0n) is 13.5. The molecule has 0 bridgehead atoms. The Morgan fingerprint density at radius 2 is 2.05 bits per heavy atom. The SMILES string of the molecule is C=CCN(CC=C)C(Cc1cnc(SC(C)(C)C)[nH]1)C(=O)O. The number of hydrogen-bond donors (Lipinski definition) is 2. The minimum absolute atomic E-state index is 0.0546. The molecule has 0 saturated carbocycles. The van der Waals surface area contributed by atoms with E-state index in [1.165, 1.54) is 0 Å². The molecular weight excluding hydrogens is 298 g/mol. The lowest BCUT2D eigenvalue weighted by atomic mass is 10.1. The smallest absolute Gasteiger partial charge is 0.321 e. The van der Waals surface area contributed by atoms with Crippen LogP contribution in [0.2, 0.25) is 0 Å². The standard InChI is InChI=1S/C16H25N3O2S/c1-6-8-19(9-7-2)13(14(20)21)10-12-11-17-15(18-12)22-16(3,4)5/h6-7,11,13H,1-2,8-10H2,3-5H3,(H,17,18)(H,20,21). The van der Waals surface area contributed by atoms with Gasteiger partial charge in [-0.25, -0.2) is 4.98 Å². The van der Waals surface area contributed by atoms with Crippen LogP contribution in [0.1, 0.15) is 26.5 Å². The van der Waals surface area contributed by atoms with Gasteiger partial charge in [0, 0.05) is 36.1 Å². The number of H-pyrrole nitrogens is 1. The molecule has 0 aliphatic rings. The van der Waals surface area contributed by atoms with E-state index in [4.69, 9.17) is 0 Å². The Morgan fingerprint density at radius 1 is 1.45 bits per heavy atom. The van der Waals surface area contributed by atoms with Crippen LogP contribution in [-0.4, -0.2) is 49.8 Å². The van der Waals surface area contributed by atoms with Crippen LogP contribution in [0, 0.1) is 0 Å². The van der Waals surface area contributed by atoms with E-state index < -0.39 is 12.0 Å². The quantitative estimate of drug-likeness (QED) is 0.540. The van der Waals surface area contributed by atoms with Gasteiger partial charge in [-0.1, -0.05) is 44.7 Å². The van der Waals surface area contributed by atoms with E-state index in [1.54, 1.807) is 30.1 Å². The Morgan fingerprint density at radius 3 is 2.50 bits per heavy atom. The third-order valence-electron chi connectivity index (χ3n) is 2.87. The van der Waals surface area contributed by atoms with Crippen LogP contribution in [0.15, 0.2) is 36.7 Å². The highest BCUT2D eigenvalue weighted by Gasteiger charge is 2.25. The molecule has 0 aromatic carbocycles. The second-order valence-corrected chi connectivity index (χ2v) is 7.83. The first-order valence-corrected chi connectivity index (χ1v) is 8.00. The van der Waals surface area contributed by atoms with Crippen molar-refractivity contribution in [2.75, 3.05) is 13.1 Å². The van der Waals surface area contributed by atoms with E-state index in [9.17, 15) is 9.90 Å². The minimum atomic E-state index is -0.858. The van der Waals surface area contributed by atoms with Crippen molar-refractivity contribution in [2.45, 2.75) is 43.1 Å². The molecule has 1 aromatic heterocycles. The van der Waals surface area contributed by atoms with Crippen molar-refractivity contribution in [3.63, 3.8) is 0 Å². The fourth-order valence-electron chi connectivity index (χ4n) is 2.03. The van der Waals surface area contributed by atoms with Crippen molar-refractivity contribution in [3.05, 3.63) is 37.2 Å². The fraction of sp³-hybridized carbons (Fsp3) is 0.500. The Kier molecular flexibility index (Phi) is 6.90. The molecule has 1 aromatic rings. The van der Waals surface area contributed by atoms with E-state index in [2.05, 4.69) is 43.9 Å². The van der Waals surface area contributed by atoms with Crippen molar-refractivity contribution < 1.29 is 9.90 Å². The maximum Gasteiger partial charge on any atom is 0.321 e. The van der Waals surface area contributed by atoms with Gasteiger partial charge in [-0.05, 0) is 0 Å². The Hall–Kier alpha value is -1.53. The zero-order chi connectivity index (χ0) is 16.8. The number of rotatable bonds is 9. The molecular formula is C16H25N3O2S. The summed E-state index contributed by atoms with van der Waals surface area (Å²) in [5, 5.41) is 10.3. The lowest BCUT2D eigenvalue weighted by molar-refractivity contribution is -0.142. The topological polar surface area (TPSA) is 69.2 Å². The number of thioether (sulfide) groups is 1. The number of carboxylic acids is 1. The van der Waals surface area contributed by atoms with E-state index in [0.29, 0.717) is 19.5 Å². The van der Waals surface area contributed by atoms with E-state index in [1.807, 2.05) is 4.90 Å². The number of carboxylic acid groups (broad SMARTS) is 1. The molecule has 0 aliphatic heterocycles. The van der Waals surface area contributed by atoms with Crippen LogP contribution in [-0.2, 0) is 11.2 Å². The molecule has 0 amide bonds. The van der Waals surface area contributed by atoms with E-state index in [0.717, 1.165) is 10.9 Å². The normalized spacial score (nSPS) is 13.1. The molecule has 0 radical (unpaired) electrons. The highest BCUT2D eigenvalue weighted by molar-refractivity contribution is 8.00. The molecule has 0 spiro atoms. The van der Waals surface area contributed by atoms with Crippen LogP contribution >= 0.6 is 11.8 Å². The lowest BCUT2D eigenvalue weighted by Crippen LogP contribution is -2.43. The van der Waals surface area contributed by atoms with Crippen molar-refractivity contribution in [2.24, 2.45) is 0 Å². The average molecular weight is 323 g/mol. The van der Waals surface area contributed by atoms with E-state index in [-0.39, 0.29) is 4.75 Å². The van der Waals surface area contributed by atoms with Gasteiger partial charge in [0.25, 0.3) is 0 Å². The predicted octanol–water partition coefficient (Wildman–Crippen LogP) is 2.97. The summed E-state index contributed by atoms with van der Waals surface area (Å²) in [5.74, 6) is -0.858. The first-order valence-electron chi connectivity index (χ1n) is 7.18. The van der Waals surface area contributed by atoms with Crippen LogP contribution in [0.3, 0.4) is 0 Å². The third-order valence-corrected chi connectivity index (χ3v) is 3.89. The van der Waals surface area contributed by atoms with Gasteiger partial charge in [0.15, 0.2) is 5.16 Å². The molecule has 2 N–H and O–H groups in total. The van der Waals surface area contributed by atoms with Crippen molar-refractivity contribution in [1.29, 1.82) is 0 Å². The summed E-state index contributed by atoms with van der Waals surface area (Å²) < 4.78 is 0.0546. The van der Waals surface area contributed by atoms with Gasteiger partial charge in [0.2, 0.25) is 0 Å². The summed E-state index contributed by atoms with van der Waals surface area (Å²) in [7, 11) is 0. The van der Waals surface area contributed by atoms with Gasteiger partial charge in [0.1, 0.15) is 6.04 Å². The zero-order valence-corrected chi connectivity index (χ0v) is 14.3. The molecule has 5 nitrogen and oxygen atoms in total. The van der Waals surface area contributed by atoms with Crippen molar-refractivity contribution >= 4 is 17.7 Å². The first-order chi connectivity index (χ1) is 10.3. The van der Waals surface area contributed by atoms with Gasteiger partial charge >= 0.3 is 5.97 Å². The number of imidazole rings is 1. The largest absolute Gasteiger partial charge is 0.480 e. The van der Waals surface area contributed by atoms with Crippen LogP contribution in [0.5, 0.6) is 0 Å². The third kappa shape index (κ3) is 6.07. The number of aromatic nitrogens is 2. The van der Waals surface area contributed by atoms with E-state index >= 15 is 0 Å². The van der Waals surface area contributed by atoms with Crippen LogP contribution in [0.25, 0.3) is 0 Å². The molecule has 1 heterocycles. The molecule has 1 atom stereocenters. The Balaban J connectivity index is 2.84. The van der Waals surface area contributed by atoms with Gasteiger partial charge in [-0.2, -0.15) is 0 Å². The highest BCUT2D eigenvalue weighted by atomic mass is 32.2. The summed E-state index contributed by atoms with van der Waals surface area (Å²) in [6.45, 7) is 14.7. The lowest BCUT2D eigenvalue weighted by Gasteiger charge is -2.26. The van der Waals surface area contributed by atoms with Crippen molar-refractivity contribution in [3.8, 4) is 0 Å². The van der Waals surface area contributed by atoms with Gasteiger partial charge < -0.3 is 10.1 Å². The maximum atomic E-state index is 11.6. The number of hydrogen-bond acceptors (Lipinski definition) is 4. The molecule has 0 fully saturated rings. The number of carbonyl (C=O) groups is 1. The summed E-state index contributed by atoms with van der Waals surface area (Å²) >= 11 is 1.63. The molecule has 0 aliphatic carbocycles. The van der Waals surface area contributed by atoms with Crippen LogP contribution < -0.4 is 0 Å². The Bertz CT molecular complexity index is 510. The number of nitrogens with one attached hydrogen (secondary N) is 1. The highest BCUT2D eigenvalue weighted by Crippen LogP contribution is 2.29. The van der Waals surface area contributed by atoms with Crippen molar-refractivity contribution in [1.82, 2.24) is 14.9 Å². The number of aliphatic carboxylic acids is 1. The summed E-state index contributed by atoms with van der Waals surface area (Å²) in [6.07, 6.45) is 5.49. The molecule has 1 unspecified atom stereocenters. The molecule has 6 heteroatoms. The number of nitrogens with zero attached hydrogens (tertiary/aromatic N) is 2. The summed E-state index contributed by atoms with van der Waals surface area (Å²) in [5.41, 5.74) is 0.817. The predicted molar refractivity (Wildman–Crippen MR) is 91.3 cm³/mol. The fourth-order valence-corrected chi connectivity index (χ4v) is 2.89. The monoisotopic (exact) mass is 323 g/mol. The molecule has 122 valence electrons. The summed E-state index contributed by atoms with van der Waals surface area (Å²) in [6, 6.07) is -0.635.